The molecule has 0 amide bonds. The summed E-state index contributed by atoms with van der Waals surface area (Å²) in [6.45, 7) is 7.18. The van der Waals surface area contributed by atoms with Gasteiger partial charge >= 0.3 is 0 Å². The number of hydrogen-bond acceptors (Lipinski definition) is 2. The summed E-state index contributed by atoms with van der Waals surface area (Å²) < 4.78 is 0. The smallest absolute Gasteiger partial charge is 0.0618 e. The number of allylic oxidation sites excluding steroid dienone is 2. The zero-order valence-electron chi connectivity index (χ0n) is 14.4. The van der Waals surface area contributed by atoms with Crippen LogP contribution in [0.25, 0.3) is 0 Å². The van der Waals surface area contributed by atoms with Crippen LogP contribution < -0.4 is 0 Å². The summed E-state index contributed by atoms with van der Waals surface area (Å²) in [7, 11) is 0. The molecule has 2 bridgehead atoms. The average molecular weight is 304 g/mol. The van der Waals surface area contributed by atoms with Gasteiger partial charge in [-0.25, -0.2) is 0 Å². The summed E-state index contributed by atoms with van der Waals surface area (Å²) in [6.07, 6.45) is 13.2. The van der Waals surface area contributed by atoms with Crippen LogP contribution in [-0.2, 0) is 0 Å². The number of aliphatic hydroxyl groups is 2. The van der Waals surface area contributed by atoms with E-state index in [1.807, 2.05) is 0 Å². The fraction of sp³-hybridized carbons (Fsp3) is 0.900. The van der Waals surface area contributed by atoms with E-state index in [1.54, 1.807) is 0 Å². The van der Waals surface area contributed by atoms with Gasteiger partial charge in [0.05, 0.1) is 12.7 Å². The molecule has 2 N–H and O–H groups in total. The molecule has 2 heteroatoms. The Morgan fingerprint density at radius 2 is 1.68 bits per heavy atom. The SMILES string of the molecule is C[C@@]12C=C[C@]3(CC[C@@H]4[C@@](C)(CO)[C@H](O)CC[C@@]4(C)[C@@H]3CC1)C2. The standard InChI is InChI=1S/C20H32O2/c1-17-7-4-15-18(2)8-6-16(22)19(3,13-21)14(18)5-9-20(15,12-17)11-10-17/h10-11,14-16,21-22H,4-9,12-13H2,1-3H3/t14-,15-,16+,17-,18+,19+,20+/m0/s1. The first-order chi connectivity index (χ1) is 10.3. The molecule has 0 heterocycles. The van der Waals surface area contributed by atoms with Crippen LogP contribution in [0.4, 0.5) is 0 Å². The second-order valence-electron chi connectivity index (χ2n) is 9.80. The lowest BCUT2D eigenvalue weighted by atomic mass is 9.40. The van der Waals surface area contributed by atoms with Gasteiger partial charge in [0.1, 0.15) is 0 Å². The van der Waals surface area contributed by atoms with Gasteiger partial charge in [-0.05, 0) is 73.0 Å². The topological polar surface area (TPSA) is 40.5 Å². The van der Waals surface area contributed by atoms with Crippen LogP contribution >= 0.6 is 0 Å². The molecule has 0 aromatic heterocycles. The van der Waals surface area contributed by atoms with Crippen LogP contribution in [0.3, 0.4) is 0 Å². The molecule has 7 atom stereocenters. The average Bonchev–Trinajstić information content (AvgIpc) is 2.73. The number of fused-ring (bicyclic) bond motifs is 3. The molecule has 1 spiro atoms. The minimum atomic E-state index is -0.336. The van der Waals surface area contributed by atoms with Crippen LogP contribution in [-0.4, -0.2) is 22.9 Å². The van der Waals surface area contributed by atoms with Crippen molar-refractivity contribution in [3.05, 3.63) is 12.2 Å². The summed E-state index contributed by atoms with van der Waals surface area (Å²) in [4.78, 5) is 0. The van der Waals surface area contributed by atoms with Crippen molar-refractivity contribution in [1.29, 1.82) is 0 Å². The van der Waals surface area contributed by atoms with Gasteiger partial charge < -0.3 is 10.2 Å². The highest BCUT2D eigenvalue weighted by Crippen LogP contribution is 2.71. The Hall–Kier alpha value is -0.340. The lowest BCUT2D eigenvalue weighted by molar-refractivity contribution is -0.194. The summed E-state index contributed by atoms with van der Waals surface area (Å²) >= 11 is 0. The predicted molar refractivity (Wildman–Crippen MR) is 88.3 cm³/mol. The summed E-state index contributed by atoms with van der Waals surface area (Å²) in [6, 6.07) is 0. The highest BCUT2D eigenvalue weighted by Gasteiger charge is 2.64. The molecule has 0 saturated heterocycles. The fourth-order valence-corrected chi connectivity index (χ4v) is 7.38. The third kappa shape index (κ3) is 1.69. The number of aliphatic hydroxyl groups excluding tert-OH is 2. The van der Waals surface area contributed by atoms with E-state index >= 15 is 0 Å². The Morgan fingerprint density at radius 1 is 0.955 bits per heavy atom. The fourth-order valence-electron chi connectivity index (χ4n) is 7.38. The first kappa shape index (κ1) is 15.2. The van der Waals surface area contributed by atoms with Crippen LogP contribution in [0.2, 0.25) is 0 Å². The Labute approximate surface area is 135 Å². The molecule has 3 fully saturated rings. The van der Waals surface area contributed by atoms with Gasteiger partial charge in [-0.15, -0.1) is 0 Å². The first-order valence-corrected chi connectivity index (χ1v) is 9.27. The molecule has 0 aliphatic heterocycles. The Morgan fingerprint density at radius 3 is 2.41 bits per heavy atom. The zero-order chi connectivity index (χ0) is 15.8. The van der Waals surface area contributed by atoms with Crippen molar-refractivity contribution < 1.29 is 10.2 Å². The zero-order valence-corrected chi connectivity index (χ0v) is 14.4. The molecule has 4 rings (SSSR count). The normalized spacial score (nSPS) is 60.0. The van der Waals surface area contributed by atoms with E-state index in [0.29, 0.717) is 16.7 Å². The maximum Gasteiger partial charge on any atom is 0.0618 e. The monoisotopic (exact) mass is 304 g/mol. The van der Waals surface area contributed by atoms with Gasteiger partial charge in [-0.1, -0.05) is 32.9 Å². The molecule has 3 saturated carbocycles. The third-order valence-corrected chi connectivity index (χ3v) is 8.59. The molecule has 4 aliphatic carbocycles. The molecular weight excluding hydrogens is 272 g/mol. The lowest BCUT2D eigenvalue weighted by Gasteiger charge is -2.65. The third-order valence-electron chi connectivity index (χ3n) is 8.59. The maximum absolute atomic E-state index is 10.6. The predicted octanol–water partition coefficient (Wildman–Crippen LogP) is 3.92. The maximum atomic E-state index is 10.6. The Kier molecular flexibility index (Phi) is 3.03. The second kappa shape index (κ2) is 4.39. The van der Waals surface area contributed by atoms with Gasteiger partial charge in [0.2, 0.25) is 0 Å². The van der Waals surface area contributed by atoms with Gasteiger partial charge in [0.25, 0.3) is 0 Å². The van der Waals surface area contributed by atoms with Crippen LogP contribution in [0.5, 0.6) is 0 Å². The van der Waals surface area contributed by atoms with Gasteiger partial charge in [0, 0.05) is 5.41 Å². The minimum Gasteiger partial charge on any atom is -0.396 e. The first-order valence-electron chi connectivity index (χ1n) is 9.27. The molecule has 0 aromatic carbocycles. The van der Waals surface area contributed by atoms with E-state index in [2.05, 4.69) is 32.9 Å². The molecule has 0 aromatic rings. The van der Waals surface area contributed by atoms with Crippen molar-refractivity contribution in [2.75, 3.05) is 6.61 Å². The van der Waals surface area contributed by atoms with Crippen molar-refractivity contribution in [2.24, 2.45) is 33.5 Å². The van der Waals surface area contributed by atoms with Crippen LogP contribution in [0.1, 0.15) is 65.7 Å². The van der Waals surface area contributed by atoms with Gasteiger partial charge in [-0.2, -0.15) is 0 Å². The Balaban J connectivity index is 1.74. The summed E-state index contributed by atoms with van der Waals surface area (Å²) in [5, 5.41) is 20.6. The van der Waals surface area contributed by atoms with E-state index in [-0.39, 0.29) is 23.5 Å². The van der Waals surface area contributed by atoms with Crippen LogP contribution in [0, 0.1) is 33.5 Å². The van der Waals surface area contributed by atoms with E-state index in [1.165, 1.54) is 32.1 Å². The largest absolute Gasteiger partial charge is 0.396 e. The summed E-state index contributed by atoms with van der Waals surface area (Å²) in [5.74, 6) is 1.20. The van der Waals surface area contributed by atoms with Crippen LogP contribution in [0.15, 0.2) is 12.2 Å². The van der Waals surface area contributed by atoms with Crippen molar-refractivity contribution >= 4 is 0 Å². The van der Waals surface area contributed by atoms with E-state index in [4.69, 9.17) is 0 Å². The van der Waals surface area contributed by atoms with Gasteiger partial charge in [-0.3, -0.25) is 0 Å². The van der Waals surface area contributed by atoms with Gasteiger partial charge in [0.15, 0.2) is 0 Å². The van der Waals surface area contributed by atoms with Crippen molar-refractivity contribution in [2.45, 2.75) is 71.8 Å². The molecule has 0 radical (unpaired) electrons. The Bertz CT molecular complexity index is 514. The molecule has 22 heavy (non-hydrogen) atoms. The lowest BCUT2D eigenvalue weighted by Crippen LogP contribution is -2.61. The molecule has 0 unspecified atom stereocenters. The van der Waals surface area contributed by atoms with E-state index < -0.39 is 0 Å². The number of hydrogen-bond donors (Lipinski definition) is 2. The van der Waals surface area contributed by atoms with E-state index in [0.717, 1.165) is 18.8 Å². The minimum absolute atomic E-state index is 0.127. The molecule has 4 aliphatic rings. The highest BCUT2D eigenvalue weighted by molar-refractivity contribution is 5.25. The molecular formula is C20H32O2. The molecule has 124 valence electrons. The molecule has 2 nitrogen and oxygen atoms in total. The summed E-state index contributed by atoms with van der Waals surface area (Å²) in [5.41, 5.74) is 0.827. The highest BCUT2D eigenvalue weighted by atomic mass is 16.3. The van der Waals surface area contributed by atoms with Crippen molar-refractivity contribution in [3.8, 4) is 0 Å². The second-order valence-corrected chi connectivity index (χ2v) is 9.80. The van der Waals surface area contributed by atoms with Crippen molar-refractivity contribution in [1.82, 2.24) is 0 Å². The van der Waals surface area contributed by atoms with E-state index in [9.17, 15) is 10.2 Å². The number of rotatable bonds is 1. The quantitative estimate of drug-likeness (QED) is 0.721. The van der Waals surface area contributed by atoms with Crippen molar-refractivity contribution in [3.63, 3.8) is 0 Å².